The minimum absolute atomic E-state index is 0.0562. The number of hydrogen-bond acceptors (Lipinski definition) is 5. The first kappa shape index (κ1) is 15.2. The highest BCUT2D eigenvalue weighted by molar-refractivity contribution is 5.63. The zero-order chi connectivity index (χ0) is 14.3. The third-order valence-electron chi connectivity index (χ3n) is 2.60. The summed E-state index contributed by atoms with van der Waals surface area (Å²) in [5.41, 5.74) is 1.48. The van der Waals surface area contributed by atoms with Gasteiger partial charge in [-0.15, -0.1) is 0 Å². The van der Waals surface area contributed by atoms with Gasteiger partial charge in [0.25, 0.3) is 5.69 Å². The molecule has 0 aliphatic carbocycles. The van der Waals surface area contributed by atoms with E-state index in [1.165, 1.54) is 12.1 Å². The molecule has 106 valence electrons. The second-order valence-corrected chi connectivity index (χ2v) is 4.52. The second kappa shape index (κ2) is 7.58. The number of nitrogens with zero attached hydrogens (tertiary/aromatic N) is 1. The van der Waals surface area contributed by atoms with Crippen LogP contribution in [-0.4, -0.2) is 29.2 Å². The largest absolute Gasteiger partial charge is 0.393 e. The van der Waals surface area contributed by atoms with E-state index in [1.54, 1.807) is 6.92 Å². The van der Waals surface area contributed by atoms with E-state index in [-0.39, 0.29) is 11.8 Å². The Labute approximate surface area is 113 Å². The summed E-state index contributed by atoms with van der Waals surface area (Å²) in [6, 6.07) is 4.86. The molecule has 0 aliphatic heterocycles. The van der Waals surface area contributed by atoms with E-state index in [0.29, 0.717) is 18.7 Å². The summed E-state index contributed by atoms with van der Waals surface area (Å²) in [7, 11) is 0. The number of non-ortho nitro benzene ring substituents is 1. The predicted octanol–water partition coefficient (Wildman–Crippen LogP) is 2.60. The Morgan fingerprint density at radius 1 is 1.26 bits per heavy atom. The van der Waals surface area contributed by atoms with Crippen LogP contribution in [0.3, 0.4) is 0 Å². The number of nitro benzene ring substituents is 1. The molecule has 0 saturated heterocycles. The van der Waals surface area contributed by atoms with E-state index in [9.17, 15) is 15.2 Å². The van der Waals surface area contributed by atoms with Crippen LogP contribution in [-0.2, 0) is 0 Å². The number of rotatable bonds is 8. The first-order valence-corrected chi connectivity index (χ1v) is 6.48. The number of aliphatic hydroxyl groups is 1. The molecule has 0 amide bonds. The normalized spacial score (nSPS) is 11.9. The first-order chi connectivity index (χ1) is 9.02. The van der Waals surface area contributed by atoms with Crippen molar-refractivity contribution in [3.8, 4) is 0 Å². The average molecular weight is 267 g/mol. The molecule has 1 unspecified atom stereocenters. The Balaban J connectivity index is 2.77. The Hall–Kier alpha value is -1.82. The third-order valence-corrected chi connectivity index (χ3v) is 2.60. The van der Waals surface area contributed by atoms with Crippen molar-refractivity contribution in [3.63, 3.8) is 0 Å². The highest BCUT2D eigenvalue weighted by Gasteiger charge is 2.09. The summed E-state index contributed by atoms with van der Waals surface area (Å²) >= 11 is 0. The maximum atomic E-state index is 10.9. The Morgan fingerprint density at radius 3 is 2.32 bits per heavy atom. The van der Waals surface area contributed by atoms with Gasteiger partial charge in [0.1, 0.15) is 0 Å². The maximum Gasteiger partial charge on any atom is 0.273 e. The van der Waals surface area contributed by atoms with Crippen molar-refractivity contribution in [2.75, 3.05) is 23.7 Å². The zero-order valence-electron chi connectivity index (χ0n) is 11.3. The number of nitrogens with one attached hydrogen (secondary N) is 2. The van der Waals surface area contributed by atoms with Gasteiger partial charge in [0.2, 0.25) is 0 Å². The SMILES string of the molecule is CCCNc1cc(NCCC(C)O)cc([N+](=O)[O-])c1. The molecule has 6 heteroatoms. The van der Waals surface area contributed by atoms with Crippen LogP contribution >= 0.6 is 0 Å². The van der Waals surface area contributed by atoms with Gasteiger partial charge in [0.15, 0.2) is 0 Å². The number of hydrogen-bond donors (Lipinski definition) is 3. The summed E-state index contributed by atoms with van der Waals surface area (Å²) in [6.45, 7) is 5.09. The molecule has 6 nitrogen and oxygen atoms in total. The molecule has 0 spiro atoms. The number of anilines is 2. The van der Waals surface area contributed by atoms with Gasteiger partial charge in [-0.2, -0.15) is 0 Å². The lowest BCUT2D eigenvalue weighted by Crippen LogP contribution is -2.10. The van der Waals surface area contributed by atoms with Crippen LogP contribution in [0, 0.1) is 10.1 Å². The Kier molecular flexibility index (Phi) is 6.08. The standard InChI is InChI=1S/C13H21N3O3/c1-3-5-14-11-7-12(15-6-4-10(2)17)9-13(8-11)16(18)19/h7-10,14-15,17H,3-6H2,1-2H3. The van der Waals surface area contributed by atoms with Gasteiger partial charge in [-0.25, -0.2) is 0 Å². The molecular formula is C13H21N3O3. The highest BCUT2D eigenvalue weighted by Crippen LogP contribution is 2.24. The van der Waals surface area contributed by atoms with Crippen molar-refractivity contribution in [1.82, 2.24) is 0 Å². The van der Waals surface area contributed by atoms with E-state index < -0.39 is 4.92 Å². The smallest absolute Gasteiger partial charge is 0.273 e. The molecule has 0 saturated carbocycles. The van der Waals surface area contributed by atoms with Crippen LogP contribution in [0.5, 0.6) is 0 Å². The summed E-state index contributed by atoms with van der Waals surface area (Å²) in [5.74, 6) is 0. The van der Waals surface area contributed by atoms with Crippen LogP contribution in [0.1, 0.15) is 26.7 Å². The van der Waals surface area contributed by atoms with Crippen molar-refractivity contribution in [1.29, 1.82) is 0 Å². The number of nitro groups is 1. The van der Waals surface area contributed by atoms with Gasteiger partial charge in [-0.1, -0.05) is 6.92 Å². The minimum atomic E-state index is -0.406. The molecule has 1 aromatic rings. The van der Waals surface area contributed by atoms with Gasteiger partial charge >= 0.3 is 0 Å². The monoisotopic (exact) mass is 267 g/mol. The van der Waals surface area contributed by atoms with E-state index in [2.05, 4.69) is 10.6 Å². The van der Waals surface area contributed by atoms with Crippen molar-refractivity contribution >= 4 is 17.1 Å². The molecule has 0 fully saturated rings. The highest BCUT2D eigenvalue weighted by atomic mass is 16.6. The Morgan fingerprint density at radius 2 is 1.84 bits per heavy atom. The van der Waals surface area contributed by atoms with Gasteiger partial charge in [-0.05, 0) is 25.8 Å². The molecule has 0 aromatic heterocycles. The minimum Gasteiger partial charge on any atom is -0.393 e. The molecular weight excluding hydrogens is 246 g/mol. The van der Waals surface area contributed by atoms with Crippen LogP contribution in [0.25, 0.3) is 0 Å². The van der Waals surface area contributed by atoms with Gasteiger partial charge in [0.05, 0.1) is 11.0 Å². The zero-order valence-corrected chi connectivity index (χ0v) is 11.3. The summed E-state index contributed by atoms with van der Waals surface area (Å²) < 4.78 is 0. The lowest BCUT2D eigenvalue weighted by molar-refractivity contribution is -0.384. The molecule has 1 rings (SSSR count). The van der Waals surface area contributed by atoms with Crippen molar-refractivity contribution < 1.29 is 10.0 Å². The van der Waals surface area contributed by atoms with Crippen LogP contribution in [0.15, 0.2) is 18.2 Å². The van der Waals surface area contributed by atoms with Crippen molar-refractivity contribution in [2.24, 2.45) is 0 Å². The fourth-order valence-corrected chi connectivity index (χ4v) is 1.62. The van der Waals surface area contributed by atoms with Crippen molar-refractivity contribution in [3.05, 3.63) is 28.3 Å². The van der Waals surface area contributed by atoms with E-state index >= 15 is 0 Å². The summed E-state index contributed by atoms with van der Waals surface area (Å²) in [5, 5.41) is 26.3. The average Bonchev–Trinajstić information content (AvgIpc) is 2.35. The van der Waals surface area contributed by atoms with Gasteiger partial charge in [0, 0.05) is 36.6 Å². The lowest BCUT2D eigenvalue weighted by atomic mass is 10.2. The lowest BCUT2D eigenvalue weighted by Gasteiger charge is -2.11. The second-order valence-electron chi connectivity index (χ2n) is 4.52. The third kappa shape index (κ3) is 5.56. The van der Waals surface area contributed by atoms with Crippen LogP contribution in [0.2, 0.25) is 0 Å². The van der Waals surface area contributed by atoms with Crippen molar-refractivity contribution in [2.45, 2.75) is 32.8 Å². The quantitative estimate of drug-likeness (QED) is 0.498. The molecule has 0 aliphatic rings. The topological polar surface area (TPSA) is 87.4 Å². The molecule has 0 bridgehead atoms. The maximum absolute atomic E-state index is 10.9. The van der Waals surface area contributed by atoms with Gasteiger partial charge in [-0.3, -0.25) is 10.1 Å². The summed E-state index contributed by atoms with van der Waals surface area (Å²) in [4.78, 5) is 10.5. The van der Waals surface area contributed by atoms with E-state index in [1.807, 2.05) is 13.0 Å². The molecule has 19 heavy (non-hydrogen) atoms. The Bertz CT molecular complexity index is 422. The fraction of sp³-hybridized carbons (Fsp3) is 0.538. The van der Waals surface area contributed by atoms with Gasteiger partial charge < -0.3 is 15.7 Å². The molecule has 1 atom stereocenters. The first-order valence-electron chi connectivity index (χ1n) is 6.48. The van der Waals surface area contributed by atoms with Crippen LogP contribution in [0.4, 0.5) is 17.1 Å². The van der Waals surface area contributed by atoms with E-state index in [4.69, 9.17) is 0 Å². The fourth-order valence-electron chi connectivity index (χ4n) is 1.62. The van der Waals surface area contributed by atoms with E-state index in [0.717, 1.165) is 18.7 Å². The van der Waals surface area contributed by atoms with Crippen LogP contribution < -0.4 is 10.6 Å². The molecule has 3 N–H and O–H groups in total. The molecule has 1 aromatic carbocycles. The molecule has 0 heterocycles. The molecule has 0 radical (unpaired) electrons. The number of aliphatic hydroxyl groups excluding tert-OH is 1. The predicted molar refractivity (Wildman–Crippen MR) is 76.7 cm³/mol. The number of benzene rings is 1. The summed E-state index contributed by atoms with van der Waals surface area (Å²) in [6.07, 6.45) is 1.16.